The number of hydrogen-bond donors (Lipinski definition) is 0. The van der Waals surface area contributed by atoms with E-state index in [-0.39, 0.29) is 5.41 Å². The van der Waals surface area contributed by atoms with E-state index >= 15 is 0 Å². The van der Waals surface area contributed by atoms with Crippen LogP contribution in [0.5, 0.6) is 0 Å². The number of aliphatic imine (C=N–C) groups is 2. The predicted molar refractivity (Wildman–Crippen MR) is 131 cm³/mol. The Bertz CT molecular complexity index is 1130. The van der Waals surface area contributed by atoms with Crippen molar-refractivity contribution in [3.8, 4) is 11.1 Å². The molecule has 0 saturated carbocycles. The molecule has 0 spiro atoms. The van der Waals surface area contributed by atoms with E-state index in [1.807, 2.05) is 14.1 Å². The van der Waals surface area contributed by atoms with Gasteiger partial charge in [-0.3, -0.25) is 9.98 Å². The van der Waals surface area contributed by atoms with E-state index in [1.54, 1.807) is 0 Å². The Kier molecular flexibility index (Phi) is 5.13. The fourth-order valence-electron chi connectivity index (χ4n) is 4.63. The van der Waals surface area contributed by atoms with Gasteiger partial charge in [0.15, 0.2) is 0 Å². The Morgan fingerprint density at radius 2 is 1.43 bits per heavy atom. The molecular formula is C28H32N2. The van der Waals surface area contributed by atoms with Crippen LogP contribution in [0.25, 0.3) is 16.7 Å². The van der Waals surface area contributed by atoms with Gasteiger partial charge in [-0.15, -0.1) is 0 Å². The molecule has 0 aromatic heterocycles. The monoisotopic (exact) mass is 396 g/mol. The van der Waals surface area contributed by atoms with E-state index in [0.717, 1.165) is 23.4 Å². The molecule has 0 unspecified atom stereocenters. The second kappa shape index (κ2) is 7.50. The maximum Gasteiger partial charge on any atom is 0.0904 e. The number of hydrogen-bond acceptors (Lipinski definition) is 2. The lowest BCUT2D eigenvalue weighted by Gasteiger charge is -2.28. The standard InChI is InChI=1S/C28H32N2/c1-17(2)18-8-10-22-20(14-18)16-21-15-19(9-11-23(21)22)24-12-13-25(28(3,4)5)27(30-7)26(24)29-6/h8-15,17H,16H2,1-7H3/b29-26-,30-27-. The zero-order valence-corrected chi connectivity index (χ0v) is 19.3. The van der Waals surface area contributed by atoms with Gasteiger partial charge in [0.1, 0.15) is 0 Å². The van der Waals surface area contributed by atoms with Crippen LogP contribution < -0.4 is 0 Å². The maximum absolute atomic E-state index is 4.66. The summed E-state index contributed by atoms with van der Waals surface area (Å²) in [5.74, 6) is 0.556. The Morgan fingerprint density at radius 3 is 2.03 bits per heavy atom. The highest BCUT2D eigenvalue weighted by atomic mass is 14.8. The molecule has 0 fully saturated rings. The Hall–Kier alpha value is -2.74. The van der Waals surface area contributed by atoms with Crippen LogP contribution in [0.3, 0.4) is 0 Å². The second-order valence-electron chi connectivity index (χ2n) is 9.68. The van der Waals surface area contributed by atoms with Gasteiger partial charge in [-0.25, -0.2) is 0 Å². The summed E-state index contributed by atoms with van der Waals surface area (Å²) < 4.78 is 0. The molecular weight excluding hydrogens is 364 g/mol. The minimum Gasteiger partial charge on any atom is -0.286 e. The third-order valence-corrected chi connectivity index (χ3v) is 6.29. The molecule has 2 aliphatic carbocycles. The number of rotatable bonds is 2. The van der Waals surface area contributed by atoms with Crippen molar-refractivity contribution in [1.29, 1.82) is 0 Å². The van der Waals surface area contributed by atoms with E-state index in [4.69, 9.17) is 0 Å². The van der Waals surface area contributed by atoms with Crippen LogP contribution in [-0.4, -0.2) is 25.5 Å². The first kappa shape index (κ1) is 20.5. The molecule has 0 amide bonds. The Morgan fingerprint density at radius 1 is 0.800 bits per heavy atom. The first-order valence-electron chi connectivity index (χ1n) is 10.9. The fraction of sp³-hybridized carbons (Fsp3) is 0.357. The van der Waals surface area contributed by atoms with Crippen LogP contribution in [0, 0.1) is 5.41 Å². The van der Waals surface area contributed by atoms with Crippen LogP contribution in [-0.2, 0) is 6.42 Å². The number of nitrogens with zero attached hydrogens (tertiary/aromatic N) is 2. The maximum atomic E-state index is 4.66. The van der Waals surface area contributed by atoms with Gasteiger partial charge in [-0.05, 0) is 56.7 Å². The summed E-state index contributed by atoms with van der Waals surface area (Å²) in [6.45, 7) is 11.2. The van der Waals surface area contributed by atoms with E-state index in [0.29, 0.717) is 5.92 Å². The summed E-state index contributed by atoms with van der Waals surface area (Å²) in [7, 11) is 3.74. The SMILES string of the molecule is C/N=C1/C(c2ccc3c(c2)Cc2cc(C(C)C)ccc2-3)=CC=C(C(C)(C)C)/C1=N/C. The van der Waals surface area contributed by atoms with Crippen molar-refractivity contribution in [1.82, 2.24) is 0 Å². The molecule has 0 atom stereocenters. The van der Waals surface area contributed by atoms with Crippen molar-refractivity contribution in [2.45, 2.75) is 47.0 Å². The fourth-order valence-corrected chi connectivity index (χ4v) is 4.63. The van der Waals surface area contributed by atoms with E-state index in [1.165, 1.54) is 39.0 Å². The Balaban J connectivity index is 1.77. The lowest BCUT2D eigenvalue weighted by atomic mass is 9.77. The van der Waals surface area contributed by atoms with Crippen LogP contribution in [0.4, 0.5) is 0 Å². The van der Waals surface area contributed by atoms with Gasteiger partial charge in [0.25, 0.3) is 0 Å². The molecule has 154 valence electrons. The molecule has 0 heterocycles. The van der Waals surface area contributed by atoms with Gasteiger partial charge in [-0.2, -0.15) is 0 Å². The number of benzene rings is 2. The van der Waals surface area contributed by atoms with Gasteiger partial charge < -0.3 is 0 Å². The molecule has 2 aliphatic rings. The lowest BCUT2D eigenvalue weighted by Crippen LogP contribution is -2.28. The van der Waals surface area contributed by atoms with Crippen molar-refractivity contribution in [2.24, 2.45) is 15.4 Å². The quantitative estimate of drug-likeness (QED) is 0.421. The molecule has 2 heteroatoms. The van der Waals surface area contributed by atoms with E-state index in [9.17, 15) is 0 Å². The normalized spacial score (nSPS) is 18.5. The lowest BCUT2D eigenvalue weighted by molar-refractivity contribution is 0.525. The topological polar surface area (TPSA) is 24.7 Å². The summed E-state index contributed by atoms with van der Waals surface area (Å²) in [6, 6.07) is 13.8. The number of fused-ring (bicyclic) bond motifs is 3. The molecule has 0 aliphatic heterocycles. The summed E-state index contributed by atoms with van der Waals surface area (Å²) in [4.78, 5) is 9.29. The average molecular weight is 397 g/mol. The first-order chi connectivity index (χ1) is 14.2. The molecule has 0 N–H and O–H groups in total. The molecule has 0 saturated heterocycles. The molecule has 30 heavy (non-hydrogen) atoms. The summed E-state index contributed by atoms with van der Waals surface area (Å²) >= 11 is 0. The van der Waals surface area contributed by atoms with Crippen molar-refractivity contribution < 1.29 is 0 Å². The van der Waals surface area contributed by atoms with Crippen molar-refractivity contribution >= 4 is 17.0 Å². The smallest absolute Gasteiger partial charge is 0.0904 e. The van der Waals surface area contributed by atoms with Crippen LogP contribution >= 0.6 is 0 Å². The third kappa shape index (κ3) is 3.39. The van der Waals surface area contributed by atoms with Gasteiger partial charge in [0, 0.05) is 19.7 Å². The van der Waals surface area contributed by atoms with Crippen molar-refractivity contribution in [2.75, 3.05) is 14.1 Å². The van der Waals surface area contributed by atoms with Crippen LogP contribution in [0.15, 0.2) is 64.1 Å². The van der Waals surface area contributed by atoms with Gasteiger partial charge in [0.05, 0.1) is 11.4 Å². The summed E-state index contributed by atoms with van der Waals surface area (Å²) in [5, 5.41) is 0. The van der Waals surface area contributed by atoms with E-state index < -0.39 is 0 Å². The largest absolute Gasteiger partial charge is 0.286 e. The summed E-state index contributed by atoms with van der Waals surface area (Å²) in [6.07, 6.45) is 5.45. The van der Waals surface area contributed by atoms with Crippen LogP contribution in [0.1, 0.15) is 62.8 Å². The molecule has 4 rings (SSSR count). The number of allylic oxidation sites excluding steroid dienone is 4. The highest BCUT2D eigenvalue weighted by Gasteiger charge is 2.29. The molecule has 0 bridgehead atoms. The highest BCUT2D eigenvalue weighted by molar-refractivity contribution is 6.63. The van der Waals surface area contributed by atoms with Gasteiger partial charge in [0.2, 0.25) is 0 Å². The minimum absolute atomic E-state index is 0.0283. The van der Waals surface area contributed by atoms with Gasteiger partial charge >= 0.3 is 0 Å². The predicted octanol–water partition coefficient (Wildman–Crippen LogP) is 6.89. The average Bonchev–Trinajstić information content (AvgIpc) is 3.08. The second-order valence-corrected chi connectivity index (χ2v) is 9.68. The first-order valence-corrected chi connectivity index (χ1v) is 10.9. The zero-order valence-electron chi connectivity index (χ0n) is 19.3. The third-order valence-electron chi connectivity index (χ3n) is 6.29. The van der Waals surface area contributed by atoms with E-state index in [2.05, 4.69) is 93.2 Å². The summed E-state index contributed by atoms with van der Waals surface area (Å²) in [5.41, 5.74) is 12.7. The molecule has 2 nitrogen and oxygen atoms in total. The zero-order chi connectivity index (χ0) is 21.6. The minimum atomic E-state index is 0.0283. The Labute approximate surface area is 181 Å². The molecule has 0 radical (unpaired) electrons. The van der Waals surface area contributed by atoms with Gasteiger partial charge in [-0.1, -0.05) is 83.2 Å². The molecule has 2 aromatic carbocycles. The van der Waals surface area contributed by atoms with Crippen molar-refractivity contribution in [3.05, 3.63) is 76.4 Å². The highest BCUT2D eigenvalue weighted by Crippen LogP contribution is 2.40. The molecule has 2 aromatic rings. The van der Waals surface area contributed by atoms with Crippen LogP contribution in [0.2, 0.25) is 0 Å². The van der Waals surface area contributed by atoms with Crippen molar-refractivity contribution in [3.63, 3.8) is 0 Å².